The van der Waals surface area contributed by atoms with E-state index in [9.17, 15) is 14.4 Å². The molecule has 0 saturated heterocycles. The Morgan fingerprint density at radius 1 is 1.12 bits per heavy atom. The van der Waals surface area contributed by atoms with Crippen molar-refractivity contribution >= 4 is 17.8 Å². The van der Waals surface area contributed by atoms with E-state index >= 15 is 0 Å². The van der Waals surface area contributed by atoms with E-state index in [4.69, 9.17) is 5.26 Å². The first-order chi connectivity index (χ1) is 12.4. The number of methoxy groups -OCH3 is 1. The lowest BCUT2D eigenvalue weighted by Crippen LogP contribution is -2.52. The van der Waals surface area contributed by atoms with Crippen molar-refractivity contribution in [3.8, 4) is 6.07 Å². The first kappa shape index (κ1) is 21.2. The number of amides is 2. The predicted molar refractivity (Wildman–Crippen MR) is 95.9 cm³/mol. The standard InChI is InChI=1S/C19H25N3O4/c1-13(2)12-16(22-17(23)14-8-5-4-6-9-14)18(24)21-15(10-7-11-20)19(25)26-3/h4-6,8-9,13,15-16H,7,10,12H2,1-3H3,(H,21,24)(H,22,23)/t15?,16-/m0/s1. The van der Waals surface area contributed by atoms with E-state index in [-0.39, 0.29) is 24.7 Å². The Morgan fingerprint density at radius 3 is 2.31 bits per heavy atom. The number of carbonyl (C=O) groups excluding carboxylic acids is 3. The fraction of sp³-hybridized carbons (Fsp3) is 0.474. The molecule has 1 aromatic rings. The van der Waals surface area contributed by atoms with E-state index in [0.29, 0.717) is 12.0 Å². The van der Waals surface area contributed by atoms with Crippen LogP contribution in [-0.2, 0) is 14.3 Å². The fourth-order valence-corrected chi connectivity index (χ4v) is 2.41. The van der Waals surface area contributed by atoms with E-state index in [1.165, 1.54) is 7.11 Å². The van der Waals surface area contributed by atoms with Gasteiger partial charge in [0, 0.05) is 12.0 Å². The molecule has 1 rings (SSSR count). The molecule has 0 aliphatic carbocycles. The molecule has 7 nitrogen and oxygen atoms in total. The summed E-state index contributed by atoms with van der Waals surface area (Å²) in [5.74, 6) is -1.31. The second-order valence-electron chi connectivity index (χ2n) is 6.30. The second-order valence-corrected chi connectivity index (χ2v) is 6.30. The lowest BCUT2D eigenvalue weighted by molar-refractivity contribution is -0.145. The lowest BCUT2D eigenvalue weighted by Gasteiger charge is -2.23. The van der Waals surface area contributed by atoms with E-state index in [2.05, 4.69) is 15.4 Å². The molecule has 140 valence electrons. The first-order valence-electron chi connectivity index (χ1n) is 8.50. The average molecular weight is 359 g/mol. The van der Waals surface area contributed by atoms with Gasteiger partial charge in [0.25, 0.3) is 5.91 Å². The van der Waals surface area contributed by atoms with Crippen LogP contribution in [0.5, 0.6) is 0 Å². The van der Waals surface area contributed by atoms with Crippen LogP contribution in [0.15, 0.2) is 30.3 Å². The zero-order valence-corrected chi connectivity index (χ0v) is 15.3. The molecular weight excluding hydrogens is 334 g/mol. The molecule has 1 unspecified atom stereocenters. The molecule has 0 bridgehead atoms. The number of hydrogen-bond donors (Lipinski definition) is 2. The van der Waals surface area contributed by atoms with E-state index < -0.39 is 24.0 Å². The van der Waals surface area contributed by atoms with Crippen molar-refractivity contribution < 1.29 is 19.1 Å². The van der Waals surface area contributed by atoms with Crippen molar-refractivity contribution in [2.24, 2.45) is 5.92 Å². The summed E-state index contributed by atoms with van der Waals surface area (Å²) >= 11 is 0. The number of nitriles is 1. The number of esters is 1. The molecule has 1 aromatic carbocycles. The van der Waals surface area contributed by atoms with Crippen molar-refractivity contribution in [2.75, 3.05) is 7.11 Å². The van der Waals surface area contributed by atoms with Gasteiger partial charge in [-0.3, -0.25) is 9.59 Å². The monoisotopic (exact) mass is 359 g/mol. The van der Waals surface area contributed by atoms with Crippen molar-refractivity contribution in [2.45, 2.75) is 45.2 Å². The van der Waals surface area contributed by atoms with Gasteiger partial charge in [0.2, 0.25) is 5.91 Å². The molecule has 0 saturated carbocycles. The predicted octanol–water partition coefficient (Wildman–Crippen LogP) is 1.79. The van der Waals surface area contributed by atoms with Crippen molar-refractivity contribution in [1.82, 2.24) is 10.6 Å². The number of benzene rings is 1. The number of nitrogens with one attached hydrogen (secondary N) is 2. The fourth-order valence-electron chi connectivity index (χ4n) is 2.41. The van der Waals surface area contributed by atoms with Crippen LogP contribution in [0.2, 0.25) is 0 Å². The Hall–Kier alpha value is -2.88. The maximum absolute atomic E-state index is 12.6. The molecule has 0 aromatic heterocycles. The van der Waals surface area contributed by atoms with Gasteiger partial charge in [-0.05, 0) is 30.9 Å². The van der Waals surface area contributed by atoms with Gasteiger partial charge >= 0.3 is 5.97 Å². The van der Waals surface area contributed by atoms with Gasteiger partial charge in [-0.1, -0.05) is 32.0 Å². The SMILES string of the molecule is COC(=O)C(CCC#N)NC(=O)[C@H](CC(C)C)NC(=O)c1ccccc1. The summed E-state index contributed by atoms with van der Waals surface area (Å²) in [4.78, 5) is 36.8. The van der Waals surface area contributed by atoms with Gasteiger partial charge < -0.3 is 15.4 Å². The first-order valence-corrected chi connectivity index (χ1v) is 8.50. The minimum absolute atomic E-state index is 0.102. The van der Waals surface area contributed by atoms with Crippen LogP contribution >= 0.6 is 0 Å². The average Bonchev–Trinajstić information content (AvgIpc) is 2.63. The molecule has 0 aliphatic heterocycles. The third-order valence-corrected chi connectivity index (χ3v) is 3.71. The number of ether oxygens (including phenoxy) is 1. The van der Waals surface area contributed by atoms with Crippen molar-refractivity contribution in [3.05, 3.63) is 35.9 Å². The van der Waals surface area contributed by atoms with Gasteiger partial charge in [-0.2, -0.15) is 5.26 Å². The molecule has 0 heterocycles. The molecular formula is C19H25N3O4. The summed E-state index contributed by atoms with van der Waals surface area (Å²) in [6.45, 7) is 3.87. The van der Waals surface area contributed by atoms with Gasteiger partial charge in [-0.25, -0.2) is 4.79 Å². The second kappa shape index (κ2) is 10.9. The topological polar surface area (TPSA) is 108 Å². The van der Waals surface area contributed by atoms with E-state index in [1.54, 1.807) is 30.3 Å². The van der Waals surface area contributed by atoms with Crippen molar-refractivity contribution in [1.29, 1.82) is 5.26 Å². The van der Waals surface area contributed by atoms with Crippen LogP contribution in [0.3, 0.4) is 0 Å². The summed E-state index contributed by atoms with van der Waals surface area (Å²) in [5, 5.41) is 14.0. The van der Waals surface area contributed by atoms with Crippen molar-refractivity contribution in [3.63, 3.8) is 0 Å². The lowest BCUT2D eigenvalue weighted by atomic mass is 10.0. The molecule has 0 fully saturated rings. The number of rotatable bonds is 9. The molecule has 2 atom stereocenters. The molecule has 2 N–H and O–H groups in total. The largest absolute Gasteiger partial charge is 0.467 e. The Bertz CT molecular complexity index is 652. The Kier molecular flexibility index (Phi) is 8.85. The number of nitrogens with zero attached hydrogens (tertiary/aromatic N) is 1. The number of hydrogen-bond acceptors (Lipinski definition) is 5. The maximum atomic E-state index is 12.6. The Balaban J connectivity index is 2.86. The highest BCUT2D eigenvalue weighted by atomic mass is 16.5. The smallest absolute Gasteiger partial charge is 0.328 e. The zero-order chi connectivity index (χ0) is 19.5. The minimum Gasteiger partial charge on any atom is -0.467 e. The summed E-state index contributed by atoms with van der Waals surface area (Å²) in [7, 11) is 1.22. The van der Waals surface area contributed by atoms with Crippen LogP contribution in [0.4, 0.5) is 0 Å². The highest BCUT2D eigenvalue weighted by molar-refractivity contribution is 5.98. The van der Waals surface area contributed by atoms with Gasteiger partial charge in [0.15, 0.2) is 0 Å². The van der Waals surface area contributed by atoms with Crippen LogP contribution in [-0.4, -0.2) is 37.0 Å². The van der Waals surface area contributed by atoms with Gasteiger partial charge in [-0.15, -0.1) is 0 Å². The van der Waals surface area contributed by atoms with Crippen LogP contribution in [0.1, 0.15) is 43.5 Å². The Morgan fingerprint density at radius 2 is 1.77 bits per heavy atom. The zero-order valence-electron chi connectivity index (χ0n) is 15.3. The highest BCUT2D eigenvalue weighted by Gasteiger charge is 2.27. The third kappa shape index (κ3) is 6.93. The van der Waals surface area contributed by atoms with Gasteiger partial charge in [0.1, 0.15) is 12.1 Å². The minimum atomic E-state index is -0.921. The van der Waals surface area contributed by atoms with Crippen LogP contribution < -0.4 is 10.6 Å². The van der Waals surface area contributed by atoms with E-state index in [0.717, 1.165) is 0 Å². The molecule has 0 radical (unpaired) electrons. The van der Waals surface area contributed by atoms with Crippen LogP contribution in [0, 0.1) is 17.2 Å². The van der Waals surface area contributed by atoms with Crippen LogP contribution in [0.25, 0.3) is 0 Å². The van der Waals surface area contributed by atoms with E-state index in [1.807, 2.05) is 19.9 Å². The summed E-state index contributed by atoms with van der Waals surface area (Å²) in [6.07, 6.45) is 0.664. The maximum Gasteiger partial charge on any atom is 0.328 e. The Labute approximate surface area is 153 Å². The quantitative estimate of drug-likeness (QED) is 0.654. The molecule has 0 aliphatic rings. The molecule has 0 spiro atoms. The number of carbonyl (C=O) groups is 3. The highest BCUT2D eigenvalue weighted by Crippen LogP contribution is 2.09. The summed E-state index contributed by atoms with van der Waals surface area (Å²) < 4.78 is 4.67. The van der Waals surface area contributed by atoms with Gasteiger partial charge in [0.05, 0.1) is 13.2 Å². The molecule has 26 heavy (non-hydrogen) atoms. The summed E-state index contributed by atoms with van der Waals surface area (Å²) in [6, 6.07) is 8.81. The summed E-state index contributed by atoms with van der Waals surface area (Å²) in [5.41, 5.74) is 0.447. The molecule has 2 amide bonds. The normalized spacial score (nSPS) is 12.6. The third-order valence-electron chi connectivity index (χ3n) is 3.71. The molecule has 7 heteroatoms.